The Kier molecular flexibility index (Phi) is 15.6. The number of hydrogen-bond acceptors (Lipinski definition) is 4. The van der Waals surface area contributed by atoms with Crippen molar-refractivity contribution in [2.24, 2.45) is 0 Å². The molecule has 1 N–H and O–H groups in total. The number of amides is 3. The summed E-state index contributed by atoms with van der Waals surface area (Å²) in [7, 11) is 0.490. The molecule has 6 aromatic rings. The molecule has 0 saturated heterocycles. The lowest BCUT2D eigenvalue weighted by Gasteiger charge is -2.26. The molecule has 0 saturated carbocycles. The molecule has 0 unspecified atom stereocenters. The second-order valence-corrected chi connectivity index (χ2v) is 17.1. The van der Waals surface area contributed by atoms with Crippen LogP contribution in [0.5, 0.6) is 0 Å². The van der Waals surface area contributed by atoms with Gasteiger partial charge in [0.05, 0.1) is 50.1 Å². The van der Waals surface area contributed by atoms with Crippen LogP contribution < -0.4 is 5.32 Å². The summed E-state index contributed by atoms with van der Waals surface area (Å²) in [5.74, 6) is -4.02. The summed E-state index contributed by atoms with van der Waals surface area (Å²) in [5, 5.41) is -1.43. The highest BCUT2D eigenvalue weighted by molar-refractivity contribution is 6.24. The normalized spacial score (nSPS) is 13.2. The zero-order valence-electron chi connectivity index (χ0n) is 38.3. The van der Waals surface area contributed by atoms with Crippen molar-refractivity contribution in [1.29, 1.82) is 0 Å². The number of benzene rings is 6. The van der Waals surface area contributed by atoms with E-state index in [-0.39, 0.29) is 65.6 Å². The molecule has 6 aromatic carbocycles. The molecule has 6 rings (SSSR count). The van der Waals surface area contributed by atoms with Crippen molar-refractivity contribution in [1.82, 2.24) is 10.2 Å². The molecule has 0 heterocycles. The van der Waals surface area contributed by atoms with E-state index in [1.54, 1.807) is 0 Å². The number of halogens is 24. The number of fused-ring (bicyclic) bond motifs is 1. The number of carbonyl (C=O) groups is 4. The van der Waals surface area contributed by atoms with E-state index in [2.05, 4.69) is 0 Å². The Labute approximate surface area is 424 Å². The third kappa shape index (κ3) is 13.2. The Morgan fingerprint density at radius 3 is 1.09 bits per heavy atom. The SMILES string of the molecule is CN(Cc1cc(C(F)(F)F)cc(C(F)(F)F)c1)C(=O)c1c(-c2cc(C(F)(F)F)cc(C(F)(F)F)c2)cc(C(=O)NC=O)c2c(Cc3cc(C(F)(F)F)cc(C(F)(F)F)c3)c(-c3cc(C(F)(F)F)cc(C(F)(F)F)c3)cc(C=O)c12. The molecule has 0 fully saturated rings. The molecule has 0 aliphatic rings. The van der Waals surface area contributed by atoms with E-state index in [1.165, 1.54) is 5.32 Å². The Bertz CT molecular complexity index is 3280. The molecule has 0 radical (unpaired) electrons. The van der Waals surface area contributed by atoms with Crippen LogP contribution in [0.15, 0.2) is 84.9 Å². The summed E-state index contributed by atoms with van der Waals surface area (Å²) in [6.07, 6.45) is -48.6. The second-order valence-electron chi connectivity index (χ2n) is 17.1. The fourth-order valence-electron chi connectivity index (χ4n) is 8.22. The maximum atomic E-state index is 15.1. The summed E-state index contributed by atoms with van der Waals surface area (Å²) >= 11 is 0. The summed E-state index contributed by atoms with van der Waals surface area (Å²) in [6.45, 7) is -1.51. The topological polar surface area (TPSA) is 83.6 Å². The van der Waals surface area contributed by atoms with Crippen molar-refractivity contribution >= 4 is 35.3 Å². The number of hydrogen-bond donors (Lipinski definition) is 1. The van der Waals surface area contributed by atoms with Gasteiger partial charge in [0.2, 0.25) is 6.41 Å². The summed E-state index contributed by atoms with van der Waals surface area (Å²) in [6, 6.07) is -2.38. The van der Waals surface area contributed by atoms with Gasteiger partial charge in [-0.15, -0.1) is 0 Å². The summed E-state index contributed by atoms with van der Waals surface area (Å²) in [5.41, 5.74) is -31.1. The van der Waals surface area contributed by atoms with E-state index in [9.17, 15) is 120 Å². The zero-order valence-corrected chi connectivity index (χ0v) is 38.3. The predicted octanol–water partition coefficient (Wildman–Crippen LogP) is 15.9. The number of alkyl halides is 24. The van der Waals surface area contributed by atoms with Gasteiger partial charge in [0, 0.05) is 35.5 Å². The fourth-order valence-corrected chi connectivity index (χ4v) is 8.22. The first kappa shape index (κ1) is 60.4. The number of nitrogens with zero attached hydrogens (tertiary/aromatic N) is 1. The first-order valence-corrected chi connectivity index (χ1v) is 21.1. The molecular formula is C49H24F24N2O4. The van der Waals surface area contributed by atoms with Gasteiger partial charge < -0.3 is 4.90 Å². The minimum atomic E-state index is -5.80. The first-order chi connectivity index (χ1) is 35.8. The van der Waals surface area contributed by atoms with Gasteiger partial charge in [0.15, 0.2) is 6.29 Å². The smallest absolute Gasteiger partial charge is 0.337 e. The van der Waals surface area contributed by atoms with Gasteiger partial charge >= 0.3 is 49.4 Å². The third-order valence-electron chi connectivity index (χ3n) is 11.6. The van der Waals surface area contributed by atoms with Crippen LogP contribution >= 0.6 is 0 Å². The van der Waals surface area contributed by atoms with Gasteiger partial charge in [-0.1, -0.05) is 0 Å². The lowest BCUT2D eigenvalue weighted by molar-refractivity contribution is -0.144. The van der Waals surface area contributed by atoms with Crippen LogP contribution in [0.3, 0.4) is 0 Å². The van der Waals surface area contributed by atoms with Crippen LogP contribution in [-0.2, 0) is 67.2 Å². The van der Waals surface area contributed by atoms with Crippen LogP contribution in [0.4, 0.5) is 105 Å². The van der Waals surface area contributed by atoms with Crippen molar-refractivity contribution in [2.45, 2.75) is 62.4 Å². The third-order valence-corrected chi connectivity index (χ3v) is 11.6. The van der Waals surface area contributed by atoms with Crippen molar-refractivity contribution in [2.75, 3.05) is 7.05 Å². The summed E-state index contributed by atoms with van der Waals surface area (Å²) in [4.78, 5) is 54.5. The van der Waals surface area contributed by atoms with Crippen LogP contribution in [0, 0.1) is 0 Å². The largest absolute Gasteiger partial charge is 0.416 e. The highest BCUT2D eigenvalue weighted by atomic mass is 19.4. The second kappa shape index (κ2) is 20.4. The number of carbonyl (C=O) groups excluding carboxylic acids is 4. The number of imide groups is 1. The van der Waals surface area contributed by atoms with Crippen molar-refractivity contribution < 1.29 is 125 Å². The van der Waals surface area contributed by atoms with Gasteiger partial charge in [0.25, 0.3) is 11.8 Å². The predicted molar refractivity (Wildman–Crippen MR) is 225 cm³/mol. The van der Waals surface area contributed by atoms with Gasteiger partial charge in [0.1, 0.15) is 0 Å². The minimum absolute atomic E-state index is 0.0169. The van der Waals surface area contributed by atoms with Crippen molar-refractivity contribution in [3.8, 4) is 22.3 Å². The molecule has 0 spiro atoms. The van der Waals surface area contributed by atoms with Crippen LogP contribution in [0.1, 0.15) is 92.3 Å². The van der Waals surface area contributed by atoms with Gasteiger partial charge in [-0.2, -0.15) is 105 Å². The Balaban J connectivity index is 1.94. The highest BCUT2D eigenvalue weighted by Crippen LogP contribution is 2.48. The van der Waals surface area contributed by atoms with Crippen molar-refractivity contribution in [3.63, 3.8) is 0 Å². The minimum Gasteiger partial charge on any atom is -0.337 e. The Morgan fingerprint density at radius 1 is 0.430 bits per heavy atom. The first-order valence-electron chi connectivity index (χ1n) is 21.1. The van der Waals surface area contributed by atoms with E-state index < -0.39 is 222 Å². The number of nitrogens with one attached hydrogen (secondary N) is 1. The lowest BCUT2D eigenvalue weighted by Crippen LogP contribution is -2.29. The Hall–Kier alpha value is -7.82. The van der Waals surface area contributed by atoms with Gasteiger partial charge in [-0.25, -0.2) is 0 Å². The van der Waals surface area contributed by atoms with Gasteiger partial charge in [-0.3, -0.25) is 24.5 Å². The quantitative estimate of drug-likeness (QED) is 0.109. The van der Waals surface area contributed by atoms with Crippen LogP contribution in [0.25, 0.3) is 33.0 Å². The molecule has 6 nitrogen and oxygen atoms in total. The average Bonchev–Trinajstić information content (AvgIpc) is 3.30. The van der Waals surface area contributed by atoms with E-state index in [1.807, 2.05) is 0 Å². The molecule has 30 heteroatoms. The van der Waals surface area contributed by atoms with E-state index in [0.717, 1.165) is 0 Å². The molecule has 79 heavy (non-hydrogen) atoms. The maximum absolute atomic E-state index is 15.1. The van der Waals surface area contributed by atoms with E-state index >= 15 is 4.79 Å². The number of rotatable bonds is 10. The van der Waals surface area contributed by atoms with Crippen molar-refractivity contribution in [3.05, 3.63) is 163 Å². The summed E-state index contributed by atoms with van der Waals surface area (Å²) < 4.78 is 342. The zero-order chi connectivity index (χ0) is 59.7. The highest BCUT2D eigenvalue weighted by Gasteiger charge is 2.43. The molecule has 3 amide bonds. The molecule has 0 aromatic heterocycles. The average molecular weight is 1160 g/mol. The molecule has 0 atom stereocenters. The van der Waals surface area contributed by atoms with Crippen LogP contribution in [0.2, 0.25) is 0 Å². The fraction of sp³-hybridized carbons (Fsp3) is 0.224. The molecule has 0 aliphatic heterocycles. The van der Waals surface area contributed by atoms with E-state index in [4.69, 9.17) is 0 Å². The molecule has 0 aliphatic carbocycles. The monoisotopic (exact) mass is 1160 g/mol. The molecule has 0 bridgehead atoms. The molecular weight excluding hydrogens is 1140 g/mol. The maximum Gasteiger partial charge on any atom is 0.416 e. The number of aldehydes is 1. The Morgan fingerprint density at radius 2 is 0.759 bits per heavy atom. The van der Waals surface area contributed by atoms with Crippen LogP contribution in [-0.4, -0.2) is 36.5 Å². The lowest BCUT2D eigenvalue weighted by atomic mass is 9.80. The molecule has 422 valence electrons. The van der Waals surface area contributed by atoms with E-state index in [0.29, 0.717) is 7.05 Å². The van der Waals surface area contributed by atoms with Gasteiger partial charge in [-0.05, 0) is 130 Å². The standard InChI is InChI=1S/C49H24F24N2O4/c1-75(17-21-4-27(44(56,57)58)13-28(5-21)45(59,60)61)41(79)39-34(23-9-31(48(68,69)70)15-32(10-23)49(71,72)73)16-36(40(78)74-19-77)38-35(6-20-2-25(42(50,51)52)12-26(3-20)43(53,54)55)33(11-24(18-76)37(38)39)22-7-29(46(62,63)64)14-30(8-22)47(65,66)67/h2-5,7-16,18-19H,6,17H2,1H3,(H,74,77,78).